The van der Waals surface area contributed by atoms with Crippen molar-refractivity contribution >= 4 is 21.6 Å². The van der Waals surface area contributed by atoms with E-state index in [0.29, 0.717) is 16.7 Å². The van der Waals surface area contributed by atoms with Crippen LogP contribution in [0.4, 0.5) is 0 Å². The van der Waals surface area contributed by atoms with Crippen LogP contribution in [0.25, 0.3) is 11.4 Å². The first-order valence-corrected chi connectivity index (χ1v) is 11.9. The smallest absolute Gasteiger partial charge is 0.243 e. The van der Waals surface area contributed by atoms with E-state index in [1.54, 1.807) is 24.3 Å². The molecule has 2 aromatic carbocycles. The standard InChI is InChI=1S/C21H22ClN7O3S/c1-21(2,3)20-23-18(26-32-20)13-29(33(30,31)17-10-8-16(22)9-11-17)12-14-4-6-15(7-5-14)19-24-27-28-25-19/h4-11H,12-13H2,1-3H3,(H,24,25,27,28). The van der Waals surface area contributed by atoms with Crippen molar-refractivity contribution in [2.45, 2.75) is 44.2 Å². The maximum absolute atomic E-state index is 13.5. The Morgan fingerprint density at radius 3 is 2.30 bits per heavy atom. The number of aromatic amines is 1. The second-order valence-corrected chi connectivity index (χ2v) is 10.8. The van der Waals surface area contributed by atoms with E-state index in [-0.39, 0.29) is 29.2 Å². The fourth-order valence-electron chi connectivity index (χ4n) is 3.01. The lowest BCUT2D eigenvalue weighted by Gasteiger charge is -2.21. The van der Waals surface area contributed by atoms with Gasteiger partial charge in [0.1, 0.15) is 0 Å². The number of halogens is 1. The number of nitrogens with zero attached hydrogens (tertiary/aromatic N) is 6. The Labute approximate surface area is 196 Å². The summed E-state index contributed by atoms with van der Waals surface area (Å²) < 4.78 is 33.6. The molecule has 0 saturated carbocycles. The first-order chi connectivity index (χ1) is 15.6. The zero-order valence-electron chi connectivity index (χ0n) is 18.2. The van der Waals surface area contributed by atoms with Crippen LogP contribution in [0.15, 0.2) is 57.9 Å². The molecule has 0 spiro atoms. The molecule has 0 bridgehead atoms. The molecule has 0 radical (unpaired) electrons. The van der Waals surface area contributed by atoms with Crippen molar-refractivity contribution in [3.8, 4) is 11.4 Å². The largest absolute Gasteiger partial charge is 0.339 e. The van der Waals surface area contributed by atoms with Crippen molar-refractivity contribution in [3.05, 3.63) is 70.8 Å². The van der Waals surface area contributed by atoms with Crippen LogP contribution >= 0.6 is 11.6 Å². The zero-order chi connectivity index (χ0) is 23.6. The van der Waals surface area contributed by atoms with Crippen LogP contribution in [-0.2, 0) is 28.5 Å². The summed E-state index contributed by atoms with van der Waals surface area (Å²) >= 11 is 5.95. The van der Waals surface area contributed by atoms with Gasteiger partial charge in [0.2, 0.25) is 21.7 Å². The Hall–Kier alpha value is -3.15. The molecule has 0 atom stereocenters. The highest BCUT2D eigenvalue weighted by atomic mass is 35.5. The molecular weight excluding hydrogens is 466 g/mol. The van der Waals surface area contributed by atoms with Crippen LogP contribution in [0.3, 0.4) is 0 Å². The van der Waals surface area contributed by atoms with E-state index < -0.39 is 10.0 Å². The lowest BCUT2D eigenvalue weighted by Crippen LogP contribution is -2.30. The second-order valence-electron chi connectivity index (χ2n) is 8.43. The molecule has 0 aliphatic rings. The maximum Gasteiger partial charge on any atom is 0.243 e. The van der Waals surface area contributed by atoms with Crippen LogP contribution < -0.4 is 0 Å². The summed E-state index contributed by atoms with van der Waals surface area (Å²) in [4.78, 5) is 4.52. The van der Waals surface area contributed by atoms with Gasteiger partial charge >= 0.3 is 0 Å². The van der Waals surface area contributed by atoms with Crippen molar-refractivity contribution < 1.29 is 12.9 Å². The average molecular weight is 488 g/mol. The molecule has 0 aliphatic carbocycles. The van der Waals surface area contributed by atoms with Gasteiger partial charge in [-0.3, -0.25) is 0 Å². The monoisotopic (exact) mass is 487 g/mol. The van der Waals surface area contributed by atoms with Crippen molar-refractivity contribution in [1.82, 2.24) is 35.1 Å². The number of sulfonamides is 1. The third-order valence-electron chi connectivity index (χ3n) is 4.80. The van der Waals surface area contributed by atoms with Crippen LogP contribution in [-0.4, -0.2) is 43.5 Å². The number of nitrogens with one attached hydrogen (secondary N) is 1. The molecule has 0 fully saturated rings. The van der Waals surface area contributed by atoms with Gasteiger partial charge in [-0.05, 0) is 35.0 Å². The van der Waals surface area contributed by atoms with Crippen LogP contribution in [0, 0.1) is 0 Å². The summed E-state index contributed by atoms with van der Waals surface area (Å²) in [6.07, 6.45) is 0. The van der Waals surface area contributed by atoms with E-state index in [1.165, 1.54) is 16.4 Å². The highest BCUT2D eigenvalue weighted by Gasteiger charge is 2.28. The number of tetrazole rings is 1. The van der Waals surface area contributed by atoms with E-state index >= 15 is 0 Å². The Bertz CT molecular complexity index is 1310. The quantitative estimate of drug-likeness (QED) is 0.418. The molecule has 2 heterocycles. The molecule has 33 heavy (non-hydrogen) atoms. The Kier molecular flexibility index (Phi) is 6.28. The fourth-order valence-corrected chi connectivity index (χ4v) is 4.52. The second kappa shape index (κ2) is 9.00. The number of hydrogen-bond donors (Lipinski definition) is 1. The summed E-state index contributed by atoms with van der Waals surface area (Å²) in [6, 6.07) is 13.3. The topological polar surface area (TPSA) is 131 Å². The van der Waals surface area contributed by atoms with Gasteiger partial charge < -0.3 is 4.52 Å². The summed E-state index contributed by atoms with van der Waals surface area (Å²) in [5.74, 6) is 1.17. The van der Waals surface area contributed by atoms with Crippen LogP contribution in [0.1, 0.15) is 38.0 Å². The fraction of sp³-hybridized carbons (Fsp3) is 0.286. The van der Waals surface area contributed by atoms with Gasteiger partial charge in [-0.15, -0.1) is 10.2 Å². The van der Waals surface area contributed by atoms with Gasteiger partial charge in [-0.25, -0.2) is 8.42 Å². The SMILES string of the molecule is CC(C)(C)c1nc(CN(Cc2ccc(-c3nn[nH]n3)cc2)S(=O)(=O)c2ccc(Cl)cc2)no1. The van der Waals surface area contributed by atoms with E-state index in [2.05, 4.69) is 30.8 Å². The summed E-state index contributed by atoms with van der Waals surface area (Å²) in [5, 5.41) is 18.3. The van der Waals surface area contributed by atoms with Gasteiger partial charge in [0, 0.05) is 22.5 Å². The van der Waals surface area contributed by atoms with Gasteiger partial charge in [-0.1, -0.05) is 61.8 Å². The first kappa shape index (κ1) is 23.0. The molecule has 1 N–H and O–H groups in total. The molecule has 10 nitrogen and oxygen atoms in total. The molecule has 2 aromatic heterocycles. The Morgan fingerprint density at radius 2 is 1.73 bits per heavy atom. The molecular formula is C21H22ClN7O3S. The van der Waals surface area contributed by atoms with E-state index in [0.717, 1.165) is 11.1 Å². The lowest BCUT2D eigenvalue weighted by molar-refractivity contribution is 0.313. The molecule has 4 rings (SSSR count). The Balaban J connectivity index is 1.64. The van der Waals surface area contributed by atoms with Crippen molar-refractivity contribution in [3.63, 3.8) is 0 Å². The lowest BCUT2D eigenvalue weighted by atomic mass is 9.97. The average Bonchev–Trinajstić information content (AvgIpc) is 3.46. The van der Waals surface area contributed by atoms with Crippen molar-refractivity contribution in [2.24, 2.45) is 0 Å². The minimum atomic E-state index is -3.88. The maximum atomic E-state index is 13.5. The molecule has 0 amide bonds. The Morgan fingerprint density at radius 1 is 1.03 bits per heavy atom. The molecule has 0 saturated heterocycles. The van der Waals surface area contributed by atoms with E-state index in [4.69, 9.17) is 16.1 Å². The summed E-state index contributed by atoms with van der Waals surface area (Å²) in [7, 11) is -3.88. The first-order valence-electron chi connectivity index (χ1n) is 10.0. The highest BCUT2D eigenvalue weighted by Crippen LogP contribution is 2.25. The highest BCUT2D eigenvalue weighted by molar-refractivity contribution is 7.89. The van der Waals surface area contributed by atoms with E-state index in [9.17, 15) is 8.42 Å². The van der Waals surface area contributed by atoms with Crippen molar-refractivity contribution in [1.29, 1.82) is 0 Å². The van der Waals surface area contributed by atoms with Crippen molar-refractivity contribution in [2.75, 3.05) is 0 Å². The number of H-pyrrole nitrogens is 1. The van der Waals surface area contributed by atoms with Gasteiger partial charge in [-0.2, -0.15) is 14.5 Å². The van der Waals surface area contributed by atoms with Gasteiger partial charge in [0.05, 0.1) is 11.4 Å². The van der Waals surface area contributed by atoms with Crippen LogP contribution in [0.5, 0.6) is 0 Å². The number of hydrogen-bond acceptors (Lipinski definition) is 8. The zero-order valence-corrected chi connectivity index (χ0v) is 19.8. The number of aromatic nitrogens is 6. The van der Waals surface area contributed by atoms with E-state index in [1.807, 2.05) is 32.9 Å². The minimum Gasteiger partial charge on any atom is -0.339 e. The summed E-state index contributed by atoms with van der Waals surface area (Å²) in [5.41, 5.74) is 1.17. The van der Waals surface area contributed by atoms with Crippen LogP contribution in [0.2, 0.25) is 5.02 Å². The normalized spacial score (nSPS) is 12.4. The van der Waals surface area contributed by atoms with Gasteiger partial charge in [0.25, 0.3) is 0 Å². The molecule has 12 heteroatoms. The van der Waals surface area contributed by atoms with Gasteiger partial charge in [0.15, 0.2) is 5.82 Å². The predicted molar refractivity (Wildman–Crippen MR) is 120 cm³/mol. The predicted octanol–water partition coefficient (Wildman–Crippen LogP) is 3.59. The molecule has 0 unspecified atom stereocenters. The third-order valence-corrected chi connectivity index (χ3v) is 6.85. The molecule has 172 valence electrons. The minimum absolute atomic E-state index is 0.0584. The summed E-state index contributed by atoms with van der Waals surface area (Å²) in [6.45, 7) is 5.86. The third kappa shape index (κ3) is 5.27. The number of rotatable bonds is 7. The molecule has 0 aliphatic heterocycles. The molecule has 4 aromatic rings. The number of benzene rings is 2.